The van der Waals surface area contributed by atoms with Crippen LogP contribution in [0.5, 0.6) is 0 Å². The smallest absolute Gasteiger partial charge is 0.311 e. The SMILES string of the molecule is Cc1ccc(-c2ccc3c(n2)CCC3C(=O)O)cc1. The number of aliphatic carboxylic acids is 1. The van der Waals surface area contributed by atoms with Crippen LogP contribution in [-0.4, -0.2) is 16.1 Å². The van der Waals surface area contributed by atoms with Crippen molar-refractivity contribution in [2.75, 3.05) is 0 Å². The fourth-order valence-electron chi connectivity index (χ4n) is 2.61. The van der Waals surface area contributed by atoms with E-state index in [9.17, 15) is 4.79 Å². The van der Waals surface area contributed by atoms with Gasteiger partial charge < -0.3 is 5.11 Å². The van der Waals surface area contributed by atoms with Gasteiger partial charge in [0.1, 0.15) is 0 Å². The standard InChI is InChI=1S/C16H15NO2/c1-10-2-4-11(5-3-10)14-8-6-12-13(16(18)19)7-9-15(12)17-14/h2-6,8,13H,7,9H2,1H3,(H,18,19). The molecular weight excluding hydrogens is 238 g/mol. The lowest BCUT2D eigenvalue weighted by atomic mass is 10.0. The molecule has 0 saturated heterocycles. The Morgan fingerprint density at radius 1 is 1.21 bits per heavy atom. The fourth-order valence-corrected chi connectivity index (χ4v) is 2.61. The Morgan fingerprint density at radius 2 is 1.95 bits per heavy atom. The number of rotatable bonds is 2. The Labute approximate surface area is 111 Å². The van der Waals surface area contributed by atoms with E-state index in [-0.39, 0.29) is 5.92 Å². The van der Waals surface area contributed by atoms with Gasteiger partial charge >= 0.3 is 5.97 Å². The third-order valence-corrected chi connectivity index (χ3v) is 3.70. The van der Waals surface area contributed by atoms with E-state index in [1.54, 1.807) is 0 Å². The lowest BCUT2D eigenvalue weighted by Crippen LogP contribution is -2.07. The van der Waals surface area contributed by atoms with Crippen molar-refractivity contribution in [2.24, 2.45) is 0 Å². The van der Waals surface area contributed by atoms with Crippen molar-refractivity contribution in [3.05, 3.63) is 53.2 Å². The van der Waals surface area contributed by atoms with Gasteiger partial charge in [0.05, 0.1) is 11.6 Å². The molecule has 1 N–H and O–H groups in total. The van der Waals surface area contributed by atoms with E-state index in [0.717, 1.165) is 28.9 Å². The summed E-state index contributed by atoms with van der Waals surface area (Å²) in [6, 6.07) is 12.1. The number of hydrogen-bond acceptors (Lipinski definition) is 2. The van der Waals surface area contributed by atoms with Crippen LogP contribution in [0.2, 0.25) is 0 Å². The van der Waals surface area contributed by atoms with Gasteiger partial charge in [-0.1, -0.05) is 35.9 Å². The molecule has 1 aliphatic carbocycles. The first kappa shape index (κ1) is 11.9. The molecule has 1 aromatic carbocycles. The quantitative estimate of drug-likeness (QED) is 0.894. The van der Waals surface area contributed by atoms with Gasteiger partial charge in [-0.2, -0.15) is 0 Å². The molecule has 0 saturated carbocycles. The Balaban J connectivity index is 1.99. The predicted molar refractivity (Wildman–Crippen MR) is 73.1 cm³/mol. The summed E-state index contributed by atoms with van der Waals surface area (Å²) >= 11 is 0. The van der Waals surface area contributed by atoms with E-state index >= 15 is 0 Å². The first-order valence-corrected chi connectivity index (χ1v) is 6.45. The highest BCUT2D eigenvalue weighted by atomic mass is 16.4. The Morgan fingerprint density at radius 3 is 2.63 bits per heavy atom. The summed E-state index contributed by atoms with van der Waals surface area (Å²) in [5, 5.41) is 9.15. The van der Waals surface area contributed by atoms with E-state index in [1.807, 2.05) is 24.3 Å². The number of aromatic nitrogens is 1. The number of nitrogens with zero attached hydrogens (tertiary/aromatic N) is 1. The summed E-state index contributed by atoms with van der Waals surface area (Å²) in [5.41, 5.74) is 5.03. The van der Waals surface area contributed by atoms with Crippen molar-refractivity contribution in [3.63, 3.8) is 0 Å². The van der Waals surface area contributed by atoms with Gasteiger partial charge in [-0.05, 0) is 31.4 Å². The summed E-state index contributed by atoms with van der Waals surface area (Å²) < 4.78 is 0. The van der Waals surface area contributed by atoms with Gasteiger partial charge in [-0.25, -0.2) is 0 Å². The maximum atomic E-state index is 11.1. The minimum absolute atomic E-state index is 0.380. The molecule has 0 radical (unpaired) electrons. The zero-order valence-corrected chi connectivity index (χ0v) is 10.8. The van der Waals surface area contributed by atoms with Crippen LogP contribution in [0.3, 0.4) is 0 Å². The fraction of sp³-hybridized carbons (Fsp3) is 0.250. The van der Waals surface area contributed by atoms with Crippen LogP contribution in [0.15, 0.2) is 36.4 Å². The van der Waals surface area contributed by atoms with Gasteiger partial charge in [0.2, 0.25) is 0 Å². The number of pyridine rings is 1. The first-order chi connectivity index (χ1) is 9.15. The second kappa shape index (κ2) is 4.50. The molecule has 0 aliphatic heterocycles. The van der Waals surface area contributed by atoms with Crippen LogP contribution in [0.1, 0.15) is 29.2 Å². The van der Waals surface area contributed by atoms with E-state index in [2.05, 4.69) is 24.0 Å². The van der Waals surface area contributed by atoms with Crippen LogP contribution >= 0.6 is 0 Å². The van der Waals surface area contributed by atoms with Gasteiger partial charge in [-0.3, -0.25) is 9.78 Å². The van der Waals surface area contributed by atoms with E-state index in [4.69, 9.17) is 5.11 Å². The van der Waals surface area contributed by atoms with Crippen molar-refractivity contribution in [1.29, 1.82) is 0 Å². The maximum absolute atomic E-state index is 11.1. The number of hydrogen-bond donors (Lipinski definition) is 1. The minimum atomic E-state index is -0.747. The molecule has 0 amide bonds. The molecule has 96 valence electrons. The highest BCUT2D eigenvalue weighted by molar-refractivity contribution is 5.78. The lowest BCUT2D eigenvalue weighted by molar-refractivity contribution is -0.138. The Kier molecular flexibility index (Phi) is 2.82. The van der Waals surface area contributed by atoms with Crippen molar-refractivity contribution in [1.82, 2.24) is 4.98 Å². The van der Waals surface area contributed by atoms with Gasteiger partial charge in [-0.15, -0.1) is 0 Å². The summed E-state index contributed by atoms with van der Waals surface area (Å²) in [7, 11) is 0. The normalized spacial score (nSPS) is 17.2. The summed E-state index contributed by atoms with van der Waals surface area (Å²) in [4.78, 5) is 15.8. The van der Waals surface area contributed by atoms with Crippen LogP contribution in [0, 0.1) is 6.92 Å². The molecule has 0 bridgehead atoms. The van der Waals surface area contributed by atoms with E-state index in [0.29, 0.717) is 6.42 Å². The second-order valence-corrected chi connectivity index (χ2v) is 5.03. The Hall–Kier alpha value is -2.16. The number of benzene rings is 1. The molecule has 1 aromatic heterocycles. The minimum Gasteiger partial charge on any atom is -0.481 e. The molecule has 1 unspecified atom stereocenters. The average molecular weight is 253 g/mol. The van der Waals surface area contributed by atoms with Crippen molar-refractivity contribution in [2.45, 2.75) is 25.7 Å². The van der Waals surface area contributed by atoms with Crippen LogP contribution in [0.25, 0.3) is 11.3 Å². The van der Waals surface area contributed by atoms with Crippen molar-refractivity contribution < 1.29 is 9.90 Å². The molecule has 3 heteroatoms. The molecule has 19 heavy (non-hydrogen) atoms. The molecule has 1 heterocycles. The molecule has 1 aliphatic rings. The first-order valence-electron chi connectivity index (χ1n) is 6.45. The van der Waals surface area contributed by atoms with E-state index < -0.39 is 5.97 Å². The molecule has 0 spiro atoms. The average Bonchev–Trinajstić information content (AvgIpc) is 2.82. The summed E-state index contributed by atoms with van der Waals surface area (Å²) in [5.74, 6) is -1.13. The molecule has 3 nitrogen and oxygen atoms in total. The Bertz CT molecular complexity index is 632. The lowest BCUT2D eigenvalue weighted by Gasteiger charge is -2.07. The maximum Gasteiger partial charge on any atom is 0.311 e. The van der Waals surface area contributed by atoms with Crippen molar-refractivity contribution >= 4 is 5.97 Å². The number of carboxylic acid groups (broad SMARTS) is 1. The van der Waals surface area contributed by atoms with Gasteiger partial charge in [0.25, 0.3) is 0 Å². The number of fused-ring (bicyclic) bond motifs is 1. The molecule has 0 fully saturated rings. The van der Waals surface area contributed by atoms with Crippen LogP contribution < -0.4 is 0 Å². The molecule has 3 rings (SSSR count). The summed E-state index contributed by atoms with van der Waals surface area (Å²) in [6.07, 6.45) is 1.42. The topological polar surface area (TPSA) is 50.2 Å². The highest BCUT2D eigenvalue weighted by Gasteiger charge is 2.29. The van der Waals surface area contributed by atoms with Crippen LogP contribution in [0.4, 0.5) is 0 Å². The van der Waals surface area contributed by atoms with Gasteiger partial charge in [0.15, 0.2) is 0 Å². The highest BCUT2D eigenvalue weighted by Crippen LogP contribution is 2.33. The number of carboxylic acids is 1. The number of aryl methyl sites for hydroxylation is 2. The van der Waals surface area contributed by atoms with Crippen molar-refractivity contribution in [3.8, 4) is 11.3 Å². The third kappa shape index (κ3) is 2.12. The second-order valence-electron chi connectivity index (χ2n) is 5.03. The third-order valence-electron chi connectivity index (χ3n) is 3.70. The summed E-state index contributed by atoms with van der Waals surface area (Å²) in [6.45, 7) is 2.05. The predicted octanol–water partition coefficient (Wildman–Crippen LogP) is 3.17. The molecular formula is C16H15NO2. The zero-order chi connectivity index (χ0) is 13.4. The monoisotopic (exact) mass is 253 g/mol. The largest absolute Gasteiger partial charge is 0.481 e. The molecule has 1 atom stereocenters. The molecule has 2 aromatic rings. The van der Waals surface area contributed by atoms with E-state index in [1.165, 1.54) is 5.56 Å². The van der Waals surface area contributed by atoms with Gasteiger partial charge in [0, 0.05) is 11.3 Å². The van der Waals surface area contributed by atoms with Crippen LogP contribution in [-0.2, 0) is 11.2 Å². The zero-order valence-electron chi connectivity index (χ0n) is 10.8. The number of carbonyl (C=O) groups is 1.